The van der Waals surface area contributed by atoms with E-state index in [1.165, 1.54) is 11.1 Å². The van der Waals surface area contributed by atoms with Crippen LogP contribution in [-0.2, 0) is 6.54 Å². The van der Waals surface area contributed by atoms with Crippen molar-refractivity contribution in [3.8, 4) is 0 Å². The minimum Gasteiger partial charge on any atom is -0.309 e. The topological polar surface area (TPSA) is 12.0 Å². The largest absolute Gasteiger partial charge is 0.309 e. The van der Waals surface area contributed by atoms with Gasteiger partial charge in [0.1, 0.15) is 0 Å². The van der Waals surface area contributed by atoms with Crippen LogP contribution in [0.15, 0.2) is 36.4 Å². The van der Waals surface area contributed by atoms with Crippen LogP contribution in [-0.4, -0.2) is 12.4 Å². The highest BCUT2D eigenvalue weighted by Gasteiger charge is 1.89. The summed E-state index contributed by atoms with van der Waals surface area (Å²) in [5.74, 6) is 0.589. The van der Waals surface area contributed by atoms with Crippen LogP contribution in [0.4, 0.5) is 0 Å². The van der Waals surface area contributed by atoms with E-state index in [9.17, 15) is 0 Å². The normalized spacial score (nSPS) is 11.0. The van der Waals surface area contributed by atoms with Gasteiger partial charge in [0, 0.05) is 19.0 Å². The molecule has 0 aliphatic rings. The van der Waals surface area contributed by atoms with E-state index in [1.54, 1.807) is 0 Å². The molecule has 0 heterocycles. The molecule has 0 aromatic heterocycles. The van der Waals surface area contributed by atoms with E-state index in [0.29, 0.717) is 5.88 Å². The summed E-state index contributed by atoms with van der Waals surface area (Å²) in [7, 11) is 0. The van der Waals surface area contributed by atoms with Crippen LogP contribution >= 0.6 is 11.6 Å². The maximum Gasteiger partial charge on any atom is 0.0404 e. The van der Waals surface area contributed by atoms with Gasteiger partial charge in [-0.05, 0) is 12.5 Å². The Morgan fingerprint density at radius 3 is 2.57 bits per heavy atom. The van der Waals surface area contributed by atoms with Crippen LogP contribution in [0.25, 0.3) is 0 Å². The lowest BCUT2D eigenvalue weighted by atomic mass is 10.1. The van der Waals surface area contributed by atoms with E-state index in [2.05, 4.69) is 36.5 Å². The molecule has 14 heavy (non-hydrogen) atoms. The lowest BCUT2D eigenvalue weighted by Gasteiger charge is -2.02. The molecule has 0 bridgehead atoms. The van der Waals surface area contributed by atoms with Crippen molar-refractivity contribution in [3.63, 3.8) is 0 Å². The number of aryl methyl sites for hydroxylation is 1. The molecule has 0 saturated carbocycles. The molecule has 1 aromatic rings. The van der Waals surface area contributed by atoms with E-state index >= 15 is 0 Å². The first-order chi connectivity index (χ1) is 6.83. The van der Waals surface area contributed by atoms with Gasteiger partial charge in [-0.15, -0.1) is 11.6 Å². The summed E-state index contributed by atoms with van der Waals surface area (Å²) >= 11 is 5.50. The second-order valence-electron chi connectivity index (χ2n) is 3.24. The van der Waals surface area contributed by atoms with Gasteiger partial charge in [0.05, 0.1) is 0 Å². The molecular formula is C12H16ClN. The summed E-state index contributed by atoms with van der Waals surface area (Å²) in [4.78, 5) is 0. The van der Waals surface area contributed by atoms with E-state index in [0.717, 1.165) is 13.1 Å². The number of halogens is 1. The van der Waals surface area contributed by atoms with Crippen molar-refractivity contribution in [2.45, 2.75) is 13.5 Å². The SMILES string of the molecule is Cc1ccc(CNC/C=C/CCl)cc1. The summed E-state index contributed by atoms with van der Waals surface area (Å²) in [6, 6.07) is 8.55. The van der Waals surface area contributed by atoms with Gasteiger partial charge in [0.15, 0.2) is 0 Å². The van der Waals surface area contributed by atoms with Crippen LogP contribution in [0.1, 0.15) is 11.1 Å². The number of allylic oxidation sites excluding steroid dienone is 1. The number of hydrogen-bond donors (Lipinski definition) is 1. The Labute approximate surface area is 90.8 Å². The third-order valence-corrected chi connectivity index (χ3v) is 2.15. The highest BCUT2D eigenvalue weighted by atomic mass is 35.5. The van der Waals surface area contributed by atoms with Gasteiger partial charge in [-0.3, -0.25) is 0 Å². The number of rotatable bonds is 5. The number of alkyl halides is 1. The zero-order valence-corrected chi connectivity index (χ0v) is 9.22. The molecule has 1 rings (SSSR count). The molecule has 0 fully saturated rings. The Balaban J connectivity index is 2.25. The molecule has 2 heteroatoms. The van der Waals surface area contributed by atoms with Gasteiger partial charge in [-0.25, -0.2) is 0 Å². The summed E-state index contributed by atoms with van der Waals surface area (Å²) in [5, 5.41) is 3.31. The molecule has 1 nitrogen and oxygen atoms in total. The Bertz CT molecular complexity index is 277. The molecule has 0 radical (unpaired) electrons. The second-order valence-corrected chi connectivity index (χ2v) is 3.55. The predicted octanol–water partition coefficient (Wildman–Crippen LogP) is 2.88. The molecule has 76 valence electrons. The van der Waals surface area contributed by atoms with Crippen LogP contribution in [0.2, 0.25) is 0 Å². The zero-order valence-electron chi connectivity index (χ0n) is 8.46. The minimum atomic E-state index is 0.589. The molecular weight excluding hydrogens is 194 g/mol. The molecule has 1 N–H and O–H groups in total. The van der Waals surface area contributed by atoms with Crippen LogP contribution in [0.3, 0.4) is 0 Å². The third kappa shape index (κ3) is 4.45. The van der Waals surface area contributed by atoms with Gasteiger partial charge < -0.3 is 5.32 Å². The van der Waals surface area contributed by atoms with E-state index < -0.39 is 0 Å². The van der Waals surface area contributed by atoms with E-state index in [4.69, 9.17) is 11.6 Å². The number of nitrogens with one attached hydrogen (secondary N) is 1. The lowest BCUT2D eigenvalue weighted by Crippen LogP contribution is -2.12. The predicted molar refractivity (Wildman–Crippen MR) is 62.7 cm³/mol. The molecule has 0 spiro atoms. The Morgan fingerprint density at radius 1 is 1.21 bits per heavy atom. The van der Waals surface area contributed by atoms with Gasteiger partial charge in [-0.2, -0.15) is 0 Å². The number of hydrogen-bond acceptors (Lipinski definition) is 1. The molecule has 0 unspecified atom stereocenters. The maximum absolute atomic E-state index is 5.50. The van der Waals surface area contributed by atoms with Crippen molar-refractivity contribution in [1.29, 1.82) is 0 Å². The molecule has 0 aliphatic heterocycles. The highest BCUT2D eigenvalue weighted by Crippen LogP contribution is 2.01. The van der Waals surface area contributed by atoms with Crippen molar-refractivity contribution in [2.75, 3.05) is 12.4 Å². The lowest BCUT2D eigenvalue weighted by molar-refractivity contribution is 0.759. The summed E-state index contributed by atoms with van der Waals surface area (Å²) in [6.07, 6.45) is 3.99. The second kappa shape index (κ2) is 6.63. The van der Waals surface area contributed by atoms with Crippen molar-refractivity contribution in [1.82, 2.24) is 5.32 Å². The molecule has 0 saturated heterocycles. The monoisotopic (exact) mass is 209 g/mol. The average Bonchev–Trinajstić information content (AvgIpc) is 2.21. The zero-order chi connectivity index (χ0) is 10.2. The maximum atomic E-state index is 5.50. The Hall–Kier alpha value is -0.790. The first-order valence-corrected chi connectivity index (χ1v) is 5.33. The summed E-state index contributed by atoms with van der Waals surface area (Å²) in [6.45, 7) is 3.88. The van der Waals surface area contributed by atoms with Crippen molar-refractivity contribution >= 4 is 11.6 Å². The standard InChI is InChI=1S/C12H16ClN/c1-11-4-6-12(7-5-11)10-14-9-3-2-8-13/h2-7,14H,8-10H2,1H3/b3-2+. The first-order valence-electron chi connectivity index (χ1n) is 4.80. The Morgan fingerprint density at radius 2 is 1.93 bits per heavy atom. The quantitative estimate of drug-likeness (QED) is 0.447. The fourth-order valence-corrected chi connectivity index (χ4v) is 1.28. The first kappa shape index (κ1) is 11.3. The van der Waals surface area contributed by atoms with E-state index in [1.807, 2.05) is 12.2 Å². The van der Waals surface area contributed by atoms with Crippen molar-refractivity contribution in [2.24, 2.45) is 0 Å². The average molecular weight is 210 g/mol. The van der Waals surface area contributed by atoms with Crippen molar-refractivity contribution in [3.05, 3.63) is 47.5 Å². The van der Waals surface area contributed by atoms with Gasteiger partial charge in [0.2, 0.25) is 0 Å². The number of benzene rings is 1. The summed E-state index contributed by atoms with van der Waals surface area (Å²) in [5.41, 5.74) is 2.62. The smallest absolute Gasteiger partial charge is 0.0404 e. The molecule has 0 aliphatic carbocycles. The molecule has 0 amide bonds. The molecule has 1 aromatic carbocycles. The van der Waals surface area contributed by atoms with Gasteiger partial charge in [-0.1, -0.05) is 42.0 Å². The molecule has 0 atom stereocenters. The fraction of sp³-hybridized carbons (Fsp3) is 0.333. The minimum absolute atomic E-state index is 0.589. The third-order valence-electron chi connectivity index (χ3n) is 1.97. The van der Waals surface area contributed by atoms with Crippen LogP contribution in [0.5, 0.6) is 0 Å². The van der Waals surface area contributed by atoms with Gasteiger partial charge in [0.25, 0.3) is 0 Å². The Kier molecular flexibility index (Phi) is 5.35. The fourth-order valence-electron chi connectivity index (χ4n) is 1.15. The van der Waals surface area contributed by atoms with Gasteiger partial charge >= 0.3 is 0 Å². The van der Waals surface area contributed by atoms with Crippen molar-refractivity contribution < 1.29 is 0 Å². The van der Waals surface area contributed by atoms with Crippen LogP contribution < -0.4 is 5.32 Å². The van der Waals surface area contributed by atoms with E-state index in [-0.39, 0.29) is 0 Å². The van der Waals surface area contributed by atoms with Crippen LogP contribution in [0, 0.1) is 6.92 Å². The summed E-state index contributed by atoms with van der Waals surface area (Å²) < 4.78 is 0. The highest BCUT2D eigenvalue weighted by molar-refractivity contribution is 6.18.